The van der Waals surface area contributed by atoms with Gasteiger partial charge in [0.2, 0.25) is 0 Å². The third-order valence-corrected chi connectivity index (χ3v) is 5.04. The lowest BCUT2D eigenvalue weighted by Gasteiger charge is -2.24. The van der Waals surface area contributed by atoms with Crippen LogP contribution in [0.4, 0.5) is 15.9 Å². The Bertz CT molecular complexity index is 1140. The molecule has 0 saturated heterocycles. The summed E-state index contributed by atoms with van der Waals surface area (Å²) < 4.78 is 15.7. The van der Waals surface area contributed by atoms with Crippen LogP contribution in [-0.4, -0.2) is 21.6 Å². The molecule has 4 aromatic rings. The lowest BCUT2D eigenvalue weighted by molar-refractivity contribution is 0.628. The highest BCUT2D eigenvalue weighted by atomic mass is 35.5. The van der Waals surface area contributed by atoms with Crippen molar-refractivity contribution >= 4 is 40.4 Å². The number of anilines is 2. The van der Waals surface area contributed by atoms with E-state index in [1.807, 2.05) is 43.1 Å². The summed E-state index contributed by atoms with van der Waals surface area (Å²) in [4.78, 5) is 6.54. The maximum Gasteiger partial charge on any atom is 0.158 e. The fraction of sp³-hybridized carbons (Fsp3) is 0.100. The van der Waals surface area contributed by atoms with Crippen molar-refractivity contribution in [3.8, 4) is 11.3 Å². The van der Waals surface area contributed by atoms with E-state index in [0.717, 1.165) is 17.1 Å². The molecule has 4 rings (SSSR count). The standard InChI is InChI=1S/C20H15Cl2FN4/c1-12-4-3-5-15(22)20(12)26(2)19-11-17(25-18-8-9-24-27(18)19)13-6-7-14(21)16(23)10-13/h3-11H,1-2H3. The summed E-state index contributed by atoms with van der Waals surface area (Å²) in [5.41, 5.74) is 3.79. The van der Waals surface area contributed by atoms with Crippen LogP contribution in [-0.2, 0) is 0 Å². The summed E-state index contributed by atoms with van der Waals surface area (Å²) in [7, 11) is 1.91. The Morgan fingerprint density at radius 3 is 2.59 bits per heavy atom. The Labute approximate surface area is 165 Å². The van der Waals surface area contributed by atoms with Crippen LogP contribution in [0.5, 0.6) is 0 Å². The number of nitrogens with zero attached hydrogens (tertiary/aromatic N) is 4. The number of aryl methyl sites for hydroxylation is 1. The van der Waals surface area contributed by atoms with Crippen molar-refractivity contribution in [1.29, 1.82) is 0 Å². The lowest BCUT2D eigenvalue weighted by atomic mass is 10.1. The van der Waals surface area contributed by atoms with Gasteiger partial charge in [0.15, 0.2) is 5.65 Å². The first-order chi connectivity index (χ1) is 13.0. The number of aromatic nitrogens is 3. The SMILES string of the molecule is Cc1cccc(Cl)c1N(C)c1cc(-c2ccc(Cl)c(F)c2)nc2ccnn12. The zero-order chi connectivity index (χ0) is 19.1. The van der Waals surface area contributed by atoms with E-state index in [1.165, 1.54) is 12.1 Å². The van der Waals surface area contributed by atoms with E-state index in [1.54, 1.807) is 22.8 Å². The topological polar surface area (TPSA) is 33.4 Å². The second kappa shape index (κ2) is 6.83. The predicted molar refractivity (Wildman–Crippen MR) is 108 cm³/mol. The summed E-state index contributed by atoms with van der Waals surface area (Å²) in [6, 6.07) is 14.0. The molecule has 0 radical (unpaired) electrons. The molecular formula is C20H15Cl2FN4. The van der Waals surface area contributed by atoms with Gasteiger partial charge >= 0.3 is 0 Å². The molecule has 0 bridgehead atoms. The first kappa shape index (κ1) is 17.8. The molecule has 0 aliphatic heterocycles. The molecule has 0 aliphatic carbocycles. The Kier molecular flexibility index (Phi) is 4.50. The zero-order valence-corrected chi connectivity index (χ0v) is 16.1. The molecule has 0 aliphatic rings. The maximum atomic E-state index is 13.9. The molecule has 0 fully saturated rings. The number of benzene rings is 2. The van der Waals surface area contributed by atoms with E-state index < -0.39 is 5.82 Å². The summed E-state index contributed by atoms with van der Waals surface area (Å²) >= 11 is 12.3. The van der Waals surface area contributed by atoms with Crippen LogP contribution in [0.1, 0.15) is 5.56 Å². The van der Waals surface area contributed by atoms with Crippen LogP contribution < -0.4 is 4.90 Å². The van der Waals surface area contributed by atoms with E-state index in [4.69, 9.17) is 23.2 Å². The number of rotatable bonds is 3. The van der Waals surface area contributed by atoms with Crippen molar-refractivity contribution in [1.82, 2.24) is 14.6 Å². The second-order valence-corrected chi connectivity index (χ2v) is 7.01. The van der Waals surface area contributed by atoms with Crippen LogP contribution in [0, 0.1) is 12.7 Å². The molecule has 7 heteroatoms. The van der Waals surface area contributed by atoms with Gasteiger partial charge in [0, 0.05) is 24.7 Å². The van der Waals surface area contributed by atoms with Crippen molar-refractivity contribution in [3.05, 3.63) is 76.2 Å². The Hall–Kier alpha value is -2.63. The Morgan fingerprint density at radius 1 is 1.04 bits per heavy atom. The van der Waals surface area contributed by atoms with Gasteiger partial charge in [-0.1, -0.05) is 41.4 Å². The number of para-hydroxylation sites is 1. The highest BCUT2D eigenvalue weighted by Crippen LogP contribution is 2.35. The Morgan fingerprint density at radius 2 is 1.85 bits per heavy atom. The predicted octanol–water partition coefficient (Wildman–Crippen LogP) is 5.92. The molecule has 0 spiro atoms. The van der Waals surface area contributed by atoms with Crippen LogP contribution in [0.2, 0.25) is 10.0 Å². The Balaban J connectivity index is 1.92. The van der Waals surface area contributed by atoms with Gasteiger partial charge in [-0.15, -0.1) is 0 Å². The van der Waals surface area contributed by atoms with Gasteiger partial charge in [0.05, 0.1) is 27.6 Å². The minimum Gasteiger partial charge on any atom is -0.328 e. The average Bonchev–Trinajstić information content (AvgIpc) is 3.11. The van der Waals surface area contributed by atoms with Crippen LogP contribution in [0.15, 0.2) is 54.7 Å². The maximum absolute atomic E-state index is 13.9. The van der Waals surface area contributed by atoms with Gasteiger partial charge in [-0.3, -0.25) is 0 Å². The van der Waals surface area contributed by atoms with Crippen molar-refractivity contribution in [2.45, 2.75) is 6.92 Å². The van der Waals surface area contributed by atoms with Crippen molar-refractivity contribution < 1.29 is 4.39 Å². The highest BCUT2D eigenvalue weighted by molar-refractivity contribution is 6.33. The molecule has 0 N–H and O–H groups in total. The van der Waals surface area contributed by atoms with Crippen LogP contribution >= 0.6 is 23.2 Å². The number of fused-ring (bicyclic) bond motifs is 1. The quantitative estimate of drug-likeness (QED) is 0.427. The summed E-state index contributed by atoms with van der Waals surface area (Å²) in [5, 5.41) is 5.08. The summed E-state index contributed by atoms with van der Waals surface area (Å²) in [5.74, 6) is 0.271. The van der Waals surface area contributed by atoms with Crippen molar-refractivity contribution in [2.24, 2.45) is 0 Å². The first-order valence-corrected chi connectivity index (χ1v) is 9.00. The molecule has 0 atom stereocenters. The molecule has 4 nitrogen and oxygen atoms in total. The van der Waals surface area contributed by atoms with E-state index in [9.17, 15) is 4.39 Å². The molecule has 2 aromatic heterocycles. The molecule has 0 saturated carbocycles. The highest BCUT2D eigenvalue weighted by Gasteiger charge is 2.17. The lowest BCUT2D eigenvalue weighted by Crippen LogP contribution is -2.16. The molecule has 0 unspecified atom stereocenters. The van der Waals surface area contributed by atoms with E-state index in [-0.39, 0.29) is 5.02 Å². The van der Waals surface area contributed by atoms with Crippen LogP contribution in [0.3, 0.4) is 0 Å². The fourth-order valence-corrected chi connectivity index (χ4v) is 3.57. The van der Waals surface area contributed by atoms with Crippen molar-refractivity contribution in [2.75, 3.05) is 11.9 Å². The third kappa shape index (κ3) is 3.13. The molecule has 27 heavy (non-hydrogen) atoms. The van der Waals surface area contributed by atoms with E-state index in [0.29, 0.717) is 21.9 Å². The first-order valence-electron chi connectivity index (χ1n) is 8.25. The zero-order valence-electron chi connectivity index (χ0n) is 14.6. The van der Waals surface area contributed by atoms with Gasteiger partial charge in [0.1, 0.15) is 11.6 Å². The van der Waals surface area contributed by atoms with Crippen molar-refractivity contribution in [3.63, 3.8) is 0 Å². The summed E-state index contributed by atoms with van der Waals surface area (Å²) in [6.45, 7) is 1.99. The minimum absolute atomic E-state index is 0.0771. The van der Waals surface area contributed by atoms with Gasteiger partial charge in [-0.25, -0.2) is 9.37 Å². The summed E-state index contributed by atoms with van der Waals surface area (Å²) in [6.07, 6.45) is 1.67. The average molecular weight is 401 g/mol. The van der Waals surface area contributed by atoms with Crippen LogP contribution in [0.25, 0.3) is 16.9 Å². The molecular weight excluding hydrogens is 386 g/mol. The largest absolute Gasteiger partial charge is 0.328 e. The molecule has 0 amide bonds. The molecule has 2 heterocycles. The van der Waals surface area contributed by atoms with E-state index >= 15 is 0 Å². The minimum atomic E-state index is -0.485. The fourth-order valence-electron chi connectivity index (χ4n) is 3.10. The molecule has 136 valence electrons. The monoisotopic (exact) mass is 400 g/mol. The number of halogens is 3. The normalized spacial score (nSPS) is 11.1. The van der Waals surface area contributed by atoms with Gasteiger partial charge < -0.3 is 4.90 Å². The van der Waals surface area contributed by atoms with Gasteiger partial charge in [0.25, 0.3) is 0 Å². The number of hydrogen-bond donors (Lipinski definition) is 0. The third-order valence-electron chi connectivity index (χ3n) is 4.42. The number of hydrogen-bond acceptors (Lipinski definition) is 3. The van der Waals surface area contributed by atoms with E-state index in [2.05, 4.69) is 10.1 Å². The smallest absolute Gasteiger partial charge is 0.158 e. The van der Waals surface area contributed by atoms with Gasteiger partial charge in [-0.2, -0.15) is 9.61 Å². The van der Waals surface area contributed by atoms with Gasteiger partial charge in [-0.05, 0) is 30.7 Å². The second-order valence-electron chi connectivity index (χ2n) is 6.19. The molecule has 2 aromatic carbocycles.